The number of aliphatic hydroxyl groups is 1. The Morgan fingerprint density at radius 2 is 2.00 bits per heavy atom. The maximum Gasteiger partial charge on any atom is 0.0454 e. The van der Waals surface area contributed by atoms with Crippen molar-refractivity contribution in [2.45, 2.75) is 12.5 Å². The average molecular weight is 257 g/mol. The molecule has 80 valence electrons. The summed E-state index contributed by atoms with van der Waals surface area (Å²) in [6.07, 6.45) is 0.486. The smallest absolute Gasteiger partial charge is 0.0454 e. The van der Waals surface area contributed by atoms with Gasteiger partial charge in [-0.2, -0.15) is 0 Å². The first-order valence-electron chi connectivity index (χ1n) is 3.96. The van der Waals surface area contributed by atoms with Gasteiger partial charge in [0.1, 0.15) is 0 Å². The van der Waals surface area contributed by atoms with E-state index in [1.165, 1.54) is 0 Å². The summed E-state index contributed by atoms with van der Waals surface area (Å²) in [5, 5.41) is 9.89. The maximum absolute atomic E-state index is 8.70. The average Bonchev–Trinajstić information content (AvgIpc) is 2.09. The molecule has 0 unspecified atom stereocenters. The van der Waals surface area contributed by atoms with Crippen LogP contribution in [0, 0.1) is 0 Å². The van der Waals surface area contributed by atoms with Crippen molar-refractivity contribution in [3.63, 3.8) is 0 Å². The summed E-state index contributed by atoms with van der Waals surface area (Å²) in [4.78, 5) is 0. The number of benzene rings is 1. The quantitative estimate of drug-likeness (QED) is 0.873. The van der Waals surface area contributed by atoms with Crippen molar-refractivity contribution in [1.82, 2.24) is 0 Å². The van der Waals surface area contributed by atoms with E-state index in [-0.39, 0.29) is 25.1 Å². The molecule has 3 N–H and O–H groups in total. The molecule has 0 amide bonds. The van der Waals surface area contributed by atoms with Crippen molar-refractivity contribution < 1.29 is 5.11 Å². The number of nitrogens with two attached hydrogens (primary N) is 1. The highest BCUT2D eigenvalue weighted by molar-refractivity contribution is 6.33. The van der Waals surface area contributed by atoms with Crippen LogP contribution in [0.2, 0.25) is 10.0 Å². The van der Waals surface area contributed by atoms with Gasteiger partial charge in [0, 0.05) is 22.7 Å². The van der Waals surface area contributed by atoms with Crippen LogP contribution in [0.25, 0.3) is 0 Å². The third kappa shape index (κ3) is 3.64. The first kappa shape index (κ1) is 14.0. The molecule has 0 aliphatic carbocycles. The molecule has 0 saturated heterocycles. The van der Waals surface area contributed by atoms with E-state index in [0.717, 1.165) is 5.56 Å². The van der Waals surface area contributed by atoms with Gasteiger partial charge in [-0.1, -0.05) is 23.2 Å². The minimum Gasteiger partial charge on any atom is -0.396 e. The maximum atomic E-state index is 8.70. The second kappa shape index (κ2) is 6.49. The van der Waals surface area contributed by atoms with E-state index in [4.69, 9.17) is 34.0 Å². The summed E-state index contributed by atoms with van der Waals surface area (Å²) >= 11 is 11.7. The van der Waals surface area contributed by atoms with Gasteiger partial charge in [0.2, 0.25) is 0 Å². The second-order valence-electron chi connectivity index (χ2n) is 2.78. The monoisotopic (exact) mass is 255 g/mol. The van der Waals surface area contributed by atoms with Gasteiger partial charge in [-0.05, 0) is 30.2 Å². The molecular formula is C9H12Cl3NO. The molecule has 0 saturated carbocycles. The normalized spacial score (nSPS) is 12.0. The van der Waals surface area contributed by atoms with Gasteiger partial charge in [0.05, 0.1) is 0 Å². The van der Waals surface area contributed by atoms with E-state index < -0.39 is 0 Å². The summed E-state index contributed by atoms with van der Waals surface area (Å²) < 4.78 is 0. The third-order valence-corrected chi connectivity index (χ3v) is 2.38. The molecule has 0 heterocycles. The molecule has 1 rings (SSSR count). The fraction of sp³-hybridized carbons (Fsp3) is 0.333. The lowest BCUT2D eigenvalue weighted by Gasteiger charge is -2.12. The highest BCUT2D eigenvalue weighted by Gasteiger charge is 2.09. The minimum atomic E-state index is -0.254. The van der Waals surface area contributed by atoms with E-state index in [1.54, 1.807) is 18.2 Å². The summed E-state index contributed by atoms with van der Waals surface area (Å²) in [6, 6.07) is 4.89. The lowest BCUT2D eigenvalue weighted by molar-refractivity contribution is 0.276. The number of hydrogen-bond donors (Lipinski definition) is 2. The predicted octanol–water partition coefficient (Wildman–Crippen LogP) is 2.80. The van der Waals surface area contributed by atoms with Crippen molar-refractivity contribution in [1.29, 1.82) is 0 Å². The number of hydrogen-bond acceptors (Lipinski definition) is 2. The topological polar surface area (TPSA) is 46.2 Å². The third-order valence-electron chi connectivity index (χ3n) is 1.80. The molecule has 0 fully saturated rings. The van der Waals surface area contributed by atoms with Crippen molar-refractivity contribution in [3.8, 4) is 0 Å². The number of halogens is 3. The van der Waals surface area contributed by atoms with E-state index >= 15 is 0 Å². The van der Waals surface area contributed by atoms with Crippen LogP contribution in [-0.2, 0) is 0 Å². The van der Waals surface area contributed by atoms with E-state index in [9.17, 15) is 0 Å². The van der Waals surface area contributed by atoms with Crippen LogP contribution >= 0.6 is 35.6 Å². The van der Waals surface area contributed by atoms with Gasteiger partial charge in [0.25, 0.3) is 0 Å². The van der Waals surface area contributed by atoms with Gasteiger partial charge >= 0.3 is 0 Å². The van der Waals surface area contributed by atoms with Crippen LogP contribution in [0.3, 0.4) is 0 Å². The zero-order chi connectivity index (χ0) is 9.84. The van der Waals surface area contributed by atoms with Crippen molar-refractivity contribution in [2.75, 3.05) is 6.61 Å². The molecule has 1 atom stereocenters. The van der Waals surface area contributed by atoms with E-state index in [2.05, 4.69) is 0 Å². The molecule has 5 heteroatoms. The lowest BCUT2D eigenvalue weighted by atomic mass is 10.1. The summed E-state index contributed by atoms with van der Waals surface area (Å²) in [5.41, 5.74) is 6.55. The first-order valence-corrected chi connectivity index (χ1v) is 4.72. The SMILES string of the molecule is Cl.N[C@@H](CCO)c1cc(Cl)ccc1Cl. The Labute approximate surface area is 99.4 Å². The highest BCUT2D eigenvalue weighted by atomic mass is 35.5. The summed E-state index contributed by atoms with van der Waals surface area (Å²) in [7, 11) is 0. The molecule has 14 heavy (non-hydrogen) atoms. The van der Waals surface area contributed by atoms with Gasteiger partial charge in [-0.3, -0.25) is 0 Å². The van der Waals surface area contributed by atoms with Crippen LogP contribution in [0.4, 0.5) is 0 Å². The van der Waals surface area contributed by atoms with Crippen molar-refractivity contribution in [3.05, 3.63) is 33.8 Å². The summed E-state index contributed by atoms with van der Waals surface area (Å²) in [6.45, 7) is 0.0456. The Bertz CT molecular complexity index is 293. The Morgan fingerprint density at radius 1 is 1.36 bits per heavy atom. The van der Waals surface area contributed by atoms with Crippen LogP contribution in [0.1, 0.15) is 18.0 Å². The van der Waals surface area contributed by atoms with Crippen LogP contribution in [0.5, 0.6) is 0 Å². The lowest BCUT2D eigenvalue weighted by Crippen LogP contribution is -2.12. The van der Waals surface area contributed by atoms with Crippen molar-refractivity contribution >= 4 is 35.6 Å². The molecule has 0 radical (unpaired) electrons. The molecule has 1 aromatic carbocycles. The molecule has 1 aromatic rings. The van der Waals surface area contributed by atoms with Gasteiger partial charge < -0.3 is 10.8 Å². The first-order chi connectivity index (χ1) is 6.15. The Morgan fingerprint density at radius 3 is 2.57 bits per heavy atom. The van der Waals surface area contributed by atoms with Gasteiger partial charge in [-0.15, -0.1) is 12.4 Å². The Kier molecular flexibility index (Phi) is 6.49. The zero-order valence-electron chi connectivity index (χ0n) is 7.41. The fourth-order valence-corrected chi connectivity index (χ4v) is 1.53. The van der Waals surface area contributed by atoms with Gasteiger partial charge in [0.15, 0.2) is 0 Å². The zero-order valence-corrected chi connectivity index (χ0v) is 9.74. The predicted molar refractivity (Wildman–Crippen MR) is 62.3 cm³/mol. The number of aliphatic hydroxyl groups excluding tert-OH is 1. The molecule has 0 aromatic heterocycles. The van der Waals surface area contributed by atoms with Crippen molar-refractivity contribution in [2.24, 2.45) is 5.73 Å². The van der Waals surface area contributed by atoms with Crippen LogP contribution in [-0.4, -0.2) is 11.7 Å². The van der Waals surface area contributed by atoms with Gasteiger partial charge in [-0.25, -0.2) is 0 Å². The standard InChI is InChI=1S/C9H11Cl2NO.ClH/c10-6-1-2-8(11)7(5-6)9(12)3-4-13;/h1-2,5,9,13H,3-4,12H2;1H/t9-;/m0./s1. The molecule has 0 bridgehead atoms. The molecule has 0 spiro atoms. The highest BCUT2D eigenvalue weighted by Crippen LogP contribution is 2.26. The van der Waals surface area contributed by atoms with E-state index in [0.29, 0.717) is 16.5 Å². The Balaban J connectivity index is 0.00000169. The Hall–Kier alpha value is 0.01000. The molecule has 0 aliphatic heterocycles. The van der Waals surface area contributed by atoms with E-state index in [1.807, 2.05) is 0 Å². The fourth-order valence-electron chi connectivity index (χ4n) is 1.09. The van der Waals surface area contributed by atoms with Crippen LogP contribution in [0.15, 0.2) is 18.2 Å². The largest absolute Gasteiger partial charge is 0.396 e. The van der Waals surface area contributed by atoms with Crippen LogP contribution < -0.4 is 5.73 Å². The molecular weight excluding hydrogens is 244 g/mol. The minimum absolute atomic E-state index is 0. The second-order valence-corrected chi connectivity index (χ2v) is 3.63. The molecule has 0 aliphatic rings. The summed E-state index contributed by atoms with van der Waals surface area (Å²) in [5.74, 6) is 0. The molecule has 2 nitrogen and oxygen atoms in total. The number of rotatable bonds is 3.